The van der Waals surface area contributed by atoms with E-state index in [9.17, 15) is 14.0 Å². The van der Waals surface area contributed by atoms with E-state index in [1.54, 1.807) is 29.5 Å². The molecule has 4 rings (SSSR count). The molecule has 1 aliphatic heterocycles. The fourth-order valence-electron chi connectivity index (χ4n) is 4.11. The highest BCUT2D eigenvalue weighted by atomic mass is 32.1. The van der Waals surface area contributed by atoms with Crippen molar-refractivity contribution in [3.63, 3.8) is 0 Å². The van der Waals surface area contributed by atoms with E-state index in [0.29, 0.717) is 24.9 Å². The predicted octanol–water partition coefficient (Wildman–Crippen LogP) is 4.73. The number of hydrogen-bond donors (Lipinski definition) is 1. The fourth-order valence-corrected chi connectivity index (χ4v) is 4.81. The molecule has 0 unspecified atom stereocenters. The number of nitrogens with one attached hydrogen (secondary N) is 1. The van der Waals surface area contributed by atoms with E-state index < -0.39 is 0 Å². The summed E-state index contributed by atoms with van der Waals surface area (Å²) >= 11 is 1.56. The van der Waals surface area contributed by atoms with Crippen molar-refractivity contribution in [2.24, 2.45) is 5.92 Å². The van der Waals surface area contributed by atoms with E-state index in [0.717, 1.165) is 16.9 Å². The molecule has 4 nitrogen and oxygen atoms in total. The summed E-state index contributed by atoms with van der Waals surface area (Å²) in [4.78, 5) is 28.9. The second-order valence-electron chi connectivity index (χ2n) is 7.81. The van der Waals surface area contributed by atoms with Crippen LogP contribution in [0.1, 0.15) is 34.9 Å². The van der Waals surface area contributed by atoms with Crippen LogP contribution in [0.5, 0.6) is 0 Å². The average Bonchev–Trinajstić information content (AvgIpc) is 3.31. The Morgan fingerprint density at radius 2 is 1.77 bits per heavy atom. The van der Waals surface area contributed by atoms with Gasteiger partial charge in [0.25, 0.3) is 0 Å². The van der Waals surface area contributed by atoms with E-state index in [4.69, 9.17) is 0 Å². The van der Waals surface area contributed by atoms with Crippen molar-refractivity contribution in [3.8, 4) is 0 Å². The van der Waals surface area contributed by atoms with Crippen molar-refractivity contribution in [1.82, 2.24) is 10.2 Å². The lowest BCUT2D eigenvalue weighted by atomic mass is 9.88. The molecule has 0 bridgehead atoms. The molecule has 1 aromatic heterocycles. The van der Waals surface area contributed by atoms with E-state index >= 15 is 0 Å². The van der Waals surface area contributed by atoms with Gasteiger partial charge in [-0.15, -0.1) is 11.3 Å². The van der Waals surface area contributed by atoms with Gasteiger partial charge in [0.1, 0.15) is 5.82 Å². The topological polar surface area (TPSA) is 49.4 Å². The predicted molar refractivity (Wildman–Crippen MR) is 120 cm³/mol. The lowest BCUT2D eigenvalue weighted by Crippen LogP contribution is -2.47. The smallest absolute Gasteiger partial charge is 0.228 e. The Morgan fingerprint density at radius 1 is 1.00 bits per heavy atom. The Balaban J connectivity index is 1.47. The van der Waals surface area contributed by atoms with Gasteiger partial charge in [-0.3, -0.25) is 9.59 Å². The Bertz CT molecular complexity index is 1020. The molecule has 2 amide bonds. The number of nitrogens with zero attached hydrogens (tertiary/aromatic N) is 1. The first kappa shape index (κ1) is 21.2. The Hall–Kier alpha value is -2.99. The molecule has 160 valence electrons. The number of amides is 2. The normalized spacial score (nSPS) is 18.5. The van der Waals surface area contributed by atoms with E-state index in [1.807, 2.05) is 52.7 Å². The zero-order valence-electron chi connectivity index (χ0n) is 17.2. The van der Waals surface area contributed by atoms with E-state index in [1.165, 1.54) is 6.07 Å². The molecular weight excluding hydrogens is 411 g/mol. The first-order valence-corrected chi connectivity index (χ1v) is 11.4. The molecule has 1 saturated heterocycles. The van der Waals surface area contributed by atoms with Gasteiger partial charge >= 0.3 is 0 Å². The number of benzene rings is 2. The monoisotopic (exact) mass is 436 g/mol. The largest absolute Gasteiger partial charge is 0.352 e. The van der Waals surface area contributed by atoms with Gasteiger partial charge in [-0.25, -0.2) is 4.39 Å². The van der Waals surface area contributed by atoms with Crippen LogP contribution in [-0.4, -0.2) is 23.3 Å². The highest BCUT2D eigenvalue weighted by Crippen LogP contribution is 2.34. The molecule has 0 spiro atoms. The van der Waals surface area contributed by atoms with Crippen molar-refractivity contribution in [2.45, 2.75) is 31.8 Å². The lowest BCUT2D eigenvalue weighted by Gasteiger charge is -2.39. The second-order valence-corrected chi connectivity index (χ2v) is 8.84. The van der Waals surface area contributed by atoms with Gasteiger partial charge in [-0.1, -0.05) is 54.6 Å². The molecule has 1 fully saturated rings. The number of hydrogen-bond acceptors (Lipinski definition) is 3. The number of likely N-dealkylation sites (tertiary alicyclic amines) is 1. The third-order valence-corrected chi connectivity index (χ3v) is 6.65. The summed E-state index contributed by atoms with van der Waals surface area (Å²) < 4.78 is 13.9. The minimum Gasteiger partial charge on any atom is -0.352 e. The van der Waals surface area contributed by atoms with Crippen LogP contribution in [0.15, 0.2) is 72.1 Å². The summed E-state index contributed by atoms with van der Waals surface area (Å²) in [7, 11) is 0. The summed E-state index contributed by atoms with van der Waals surface area (Å²) in [5.74, 6) is -0.742. The molecule has 2 aromatic carbocycles. The molecule has 0 radical (unpaired) electrons. The fraction of sp³-hybridized carbons (Fsp3) is 0.280. The van der Waals surface area contributed by atoms with Gasteiger partial charge < -0.3 is 10.2 Å². The van der Waals surface area contributed by atoms with Crippen molar-refractivity contribution < 1.29 is 14.0 Å². The number of rotatable bonds is 6. The average molecular weight is 437 g/mol. The van der Waals surface area contributed by atoms with Crippen LogP contribution in [0.3, 0.4) is 0 Å². The highest BCUT2D eigenvalue weighted by molar-refractivity contribution is 7.10. The molecular formula is C25H25FN2O2S. The molecule has 0 saturated carbocycles. The summed E-state index contributed by atoms with van der Waals surface area (Å²) in [6.45, 7) is 0.514. The maximum absolute atomic E-state index is 13.9. The number of carbonyl (C=O) groups is 2. The van der Waals surface area contributed by atoms with E-state index in [2.05, 4.69) is 5.32 Å². The van der Waals surface area contributed by atoms with Crippen molar-refractivity contribution in [1.29, 1.82) is 0 Å². The van der Waals surface area contributed by atoms with Crippen molar-refractivity contribution in [3.05, 3.63) is 93.9 Å². The molecule has 0 aliphatic carbocycles. The minimum absolute atomic E-state index is 0.0305. The lowest BCUT2D eigenvalue weighted by molar-refractivity contribution is -0.138. The van der Waals surface area contributed by atoms with Crippen LogP contribution >= 0.6 is 11.3 Å². The molecule has 1 aliphatic rings. The summed E-state index contributed by atoms with van der Waals surface area (Å²) in [6, 6.07) is 20.3. The number of piperidine rings is 1. The maximum Gasteiger partial charge on any atom is 0.228 e. The molecule has 2 heterocycles. The number of carbonyl (C=O) groups excluding carboxylic acids is 2. The van der Waals surface area contributed by atoms with Gasteiger partial charge in [0.15, 0.2) is 0 Å². The Morgan fingerprint density at radius 3 is 2.52 bits per heavy atom. The zero-order valence-corrected chi connectivity index (χ0v) is 18.0. The van der Waals surface area contributed by atoms with Gasteiger partial charge in [0.2, 0.25) is 11.8 Å². The van der Waals surface area contributed by atoms with E-state index in [-0.39, 0.29) is 36.1 Å². The maximum atomic E-state index is 13.9. The summed E-state index contributed by atoms with van der Waals surface area (Å²) in [5, 5.41) is 4.82. The number of thiophene rings is 1. The third-order valence-electron chi connectivity index (χ3n) is 5.77. The van der Waals surface area contributed by atoms with Gasteiger partial charge in [-0.05, 0) is 35.9 Å². The molecule has 6 heteroatoms. The van der Waals surface area contributed by atoms with Crippen LogP contribution in [0.25, 0.3) is 0 Å². The summed E-state index contributed by atoms with van der Waals surface area (Å²) in [6.07, 6.45) is 1.74. The van der Waals surface area contributed by atoms with Gasteiger partial charge in [0, 0.05) is 23.5 Å². The van der Waals surface area contributed by atoms with Crippen LogP contribution < -0.4 is 5.32 Å². The van der Waals surface area contributed by atoms with Crippen molar-refractivity contribution >= 4 is 23.2 Å². The zero-order chi connectivity index (χ0) is 21.6. The molecule has 1 N–H and O–H groups in total. The molecule has 2 atom stereocenters. The van der Waals surface area contributed by atoms with Crippen molar-refractivity contribution in [2.75, 3.05) is 6.54 Å². The first-order valence-electron chi connectivity index (χ1n) is 10.5. The van der Waals surface area contributed by atoms with Crippen LogP contribution in [0.4, 0.5) is 4.39 Å². The molecule has 31 heavy (non-hydrogen) atoms. The van der Waals surface area contributed by atoms with Gasteiger partial charge in [-0.2, -0.15) is 0 Å². The third kappa shape index (κ3) is 5.20. The Labute approximate surface area is 185 Å². The highest BCUT2D eigenvalue weighted by Gasteiger charge is 2.35. The van der Waals surface area contributed by atoms with Gasteiger partial charge in [0.05, 0.1) is 18.4 Å². The molecule has 3 aromatic rings. The first-order chi connectivity index (χ1) is 15.1. The van der Waals surface area contributed by atoms with Crippen LogP contribution in [0.2, 0.25) is 0 Å². The second kappa shape index (κ2) is 9.88. The SMILES string of the molecule is O=C(NCc1ccccc1F)[C@H]1CC[C@@H](c2ccccc2)N(C(=O)Cc2cccs2)C1. The van der Waals surface area contributed by atoms with Crippen LogP contribution in [-0.2, 0) is 22.6 Å². The number of halogens is 1. The van der Waals surface area contributed by atoms with Crippen LogP contribution in [0, 0.1) is 11.7 Å². The quantitative estimate of drug-likeness (QED) is 0.608. The standard InChI is InChI=1S/C25H25FN2O2S/c26-22-11-5-4-9-19(22)16-27-25(30)20-12-13-23(18-7-2-1-3-8-18)28(17-20)24(29)15-21-10-6-14-31-21/h1-11,14,20,23H,12-13,15-17H2,(H,27,30)/t20-,23-/m0/s1. The Kier molecular flexibility index (Phi) is 6.77. The minimum atomic E-state index is -0.330. The summed E-state index contributed by atoms with van der Waals surface area (Å²) in [5.41, 5.74) is 1.55.